The maximum absolute atomic E-state index is 11.9. The van der Waals surface area contributed by atoms with E-state index in [1.165, 1.54) is 0 Å². The lowest BCUT2D eigenvalue weighted by Gasteiger charge is -2.05. The molecule has 2 amide bonds. The number of nitrogens with one attached hydrogen (secondary N) is 2. The molecule has 2 N–H and O–H groups in total. The van der Waals surface area contributed by atoms with E-state index in [9.17, 15) is 9.59 Å². The van der Waals surface area contributed by atoms with Crippen molar-refractivity contribution in [3.8, 4) is 0 Å². The van der Waals surface area contributed by atoms with Crippen molar-refractivity contribution < 1.29 is 9.59 Å². The zero-order valence-corrected chi connectivity index (χ0v) is 14.9. The lowest BCUT2D eigenvalue weighted by atomic mass is 10.1. The van der Waals surface area contributed by atoms with Crippen molar-refractivity contribution in [2.24, 2.45) is 5.10 Å². The van der Waals surface area contributed by atoms with Crippen molar-refractivity contribution in [2.45, 2.75) is 19.4 Å². The molecule has 0 heterocycles. The van der Waals surface area contributed by atoms with Crippen molar-refractivity contribution in [1.29, 1.82) is 0 Å². The molecule has 136 valence electrons. The SMILES string of the molecule is O=C(CCC(=O)NN=Cc1cccc2ccccc12)NCc1ccccc1. The van der Waals surface area contributed by atoms with Crippen molar-refractivity contribution in [1.82, 2.24) is 10.7 Å². The van der Waals surface area contributed by atoms with E-state index in [4.69, 9.17) is 0 Å². The molecule has 3 rings (SSSR count). The predicted molar refractivity (Wildman–Crippen MR) is 107 cm³/mol. The summed E-state index contributed by atoms with van der Waals surface area (Å²) >= 11 is 0. The molecule has 3 aromatic rings. The summed E-state index contributed by atoms with van der Waals surface area (Å²) in [7, 11) is 0. The molecule has 5 nitrogen and oxygen atoms in total. The van der Waals surface area contributed by atoms with Gasteiger partial charge in [0.05, 0.1) is 6.21 Å². The highest BCUT2D eigenvalue weighted by Crippen LogP contribution is 2.16. The van der Waals surface area contributed by atoms with Crippen LogP contribution in [0.15, 0.2) is 77.9 Å². The summed E-state index contributed by atoms with van der Waals surface area (Å²) in [4.78, 5) is 23.7. The van der Waals surface area contributed by atoms with Crippen molar-refractivity contribution in [3.05, 3.63) is 83.9 Å². The molecule has 0 fully saturated rings. The Morgan fingerprint density at radius 2 is 1.52 bits per heavy atom. The molecule has 0 spiro atoms. The second kappa shape index (κ2) is 9.29. The van der Waals surface area contributed by atoms with Gasteiger partial charge in [-0.1, -0.05) is 72.8 Å². The van der Waals surface area contributed by atoms with Crippen LogP contribution in [0.4, 0.5) is 0 Å². The average Bonchev–Trinajstić information content (AvgIpc) is 2.71. The Bertz CT molecular complexity index is 947. The van der Waals surface area contributed by atoms with Crippen LogP contribution >= 0.6 is 0 Å². The highest BCUT2D eigenvalue weighted by Gasteiger charge is 2.06. The quantitative estimate of drug-likeness (QED) is 0.501. The number of fused-ring (bicyclic) bond motifs is 1. The summed E-state index contributed by atoms with van der Waals surface area (Å²) in [6.45, 7) is 0.459. The van der Waals surface area contributed by atoms with Crippen LogP contribution in [0, 0.1) is 0 Å². The van der Waals surface area contributed by atoms with Gasteiger partial charge < -0.3 is 5.32 Å². The number of nitrogens with zero attached hydrogens (tertiary/aromatic N) is 1. The average molecular weight is 359 g/mol. The summed E-state index contributed by atoms with van der Waals surface area (Å²) in [5.74, 6) is -0.451. The molecule has 0 aliphatic rings. The molecule has 0 aromatic heterocycles. The van der Waals surface area contributed by atoms with Crippen LogP contribution in [0.5, 0.6) is 0 Å². The number of benzene rings is 3. The molecule has 0 radical (unpaired) electrons. The third kappa shape index (κ3) is 5.51. The number of carbonyl (C=O) groups is 2. The molecule has 0 atom stereocenters. The van der Waals surface area contributed by atoms with Gasteiger partial charge in [0.25, 0.3) is 0 Å². The monoisotopic (exact) mass is 359 g/mol. The van der Waals surface area contributed by atoms with E-state index in [0.29, 0.717) is 6.54 Å². The summed E-state index contributed by atoms with van der Waals surface area (Å²) in [6, 6.07) is 23.5. The Morgan fingerprint density at radius 1 is 0.815 bits per heavy atom. The standard InChI is InChI=1S/C22H21N3O2/c26-21(23-15-17-7-2-1-3-8-17)13-14-22(27)25-24-16-19-11-6-10-18-9-4-5-12-20(18)19/h1-12,16H,13-15H2,(H,23,26)(H,25,27). The van der Waals surface area contributed by atoms with Gasteiger partial charge in [-0.05, 0) is 16.3 Å². The Hall–Kier alpha value is -3.47. The van der Waals surface area contributed by atoms with Crippen LogP contribution in [0.25, 0.3) is 10.8 Å². The van der Waals surface area contributed by atoms with Crippen molar-refractivity contribution in [2.75, 3.05) is 0 Å². The molecule has 0 aliphatic carbocycles. The molecule has 3 aromatic carbocycles. The highest BCUT2D eigenvalue weighted by molar-refractivity contribution is 6.00. The van der Waals surface area contributed by atoms with Gasteiger partial charge in [0.15, 0.2) is 0 Å². The minimum Gasteiger partial charge on any atom is -0.352 e. The van der Waals surface area contributed by atoms with Crippen molar-refractivity contribution >= 4 is 28.8 Å². The number of hydrazone groups is 1. The molecule has 0 bridgehead atoms. The minimum atomic E-state index is -0.290. The Balaban J connectivity index is 1.44. The fourth-order valence-electron chi connectivity index (χ4n) is 2.70. The van der Waals surface area contributed by atoms with Crippen LogP contribution in [0.1, 0.15) is 24.0 Å². The molecule has 27 heavy (non-hydrogen) atoms. The lowest BCUT2D eigenvalue weighted by Crippen LogP contribution is -2.25. The van der Waals surface area contributed by atoms with Gasteiger partial charge >= 0.3 is 0 Å². The first-order valence-electron chi connectivity index (χ1n) is 8.82. The molecule has 5 heteroatoms. The highest BCUT2D eigenvalue weighted by atomic mass is 16.2. The third-order valence-corrected chi connectivity index (χ3v) is 4.13. The molecule has 0 saturated carbocycles. The van der Waals surface area contributed by atoms with Gasteiger partial charge in [0, 0.05) is 24.9 Å². The topological polar surface area (TPSA) is 70.6 Å². The van der Waals surface area contributed by atoms with Crippen LogP contribution in [0.3, 0.4) is 0 Å². The summed E-state index contributed by atoms with van der Waals surface area (Å²) in [5, 5.41) is 8.99. The molecular weight excluding hydrogens is 338 g/mol. The Labute approximate surface area is 158 Å². The molecule has 0 aliphatic heterocycles. The maximum Gasteiger partial charge on any atom is 0.240 e. The molecular formula is C22H21N3O2. The van der Waals surface area contributed by atoms with Crippen LogP contribution in [0.2, 0.25) is 0 Å². The summed E-state index contributed by atoms with van der Waals surface area (Å²) < 4.78 is 0. The van der Waals surface area contributed by atoms with Crippen molar-refractivity contribution in [3.63, 3.8) is 0 Å². The van der Waals surface area contributed by atoms with E-state index < -0.39 is 0 Å². The second-order valence-electron chi connectivity index (χ2n) is 6.12. The fraction of sp³-hybridized carbons (Fsp3) is 0.136. The van der Waals surface area contributed by atoms with Gasteiger partial charge in [-0.15, -0.1) is 0 Å². The van der Waals surface area contributed by atoms with Crippen LogP contribution < -0.4 is 10.7 Å². The zero-order chi connectivity index (χ0) is 18.9. The van der Waals surface area contributed by atoms with E-state index >= 15 is 0 Å². The van der Waals surface area contributed by atoms with E-state index in [2.05, 4.69) is 15.8 Å². The van der Waals surface area contributed by atoms with Gasteiger partial charge in [-0.25, -0.2) is 5.43 Å². The first-order valence-corrected chi connectivity index (χ1v) is 8.82. The largest absolute Gasteiger partial charge is 0.352 e. The number of rotatable bonds is 7. The van der Waals surface area contributed by atoms with E-state index in [-0.39, 0.29) is 24.7 Å². The number of carbonyl (C=O) groups excluding carboxylic acids is 2. The normalized spacial score (nSPS) is 10.8. The van der Waals surface area contributed by atoms with E-state index in [0.717, 1.165) is 21.9 Å². The number of amides is 2. The summed E-state index contributed by atoms with van der Waals surface area (Å²) in [5.41, 5.74) is 4.42. The number of hydrogen-bond donors (Lipinski definition) is 2. The van der Waals surface area contributed by atoms with Gasteiger partial charge in [0.2, 0.25) is 11.8 Å². The molecule has 0 saturated heterocycles. The van der Waals surface area contributed by atoms with E-state index in [1.54, 1.807) is 6.21 Å². The third-order valence-electron chi connectivity index (χ3n) is 4.13. The first-order chi connectivity index (χ1) is 13.2. The zero-order valence-electron chi connectivity index (χ0n) is 14.9. The van der Waals surface area contributed by atoms with Gasteiger partial charge in [-0.2, -0.15) is 5.10 Å². The Morgan fingerprint density at radius 3 is 2.37 bits per heavy atom. The fourth-order valence-corrected chi connectivity index (χ4v) is 2.70. The predicted octanol–water partition coefficient (Wildman–Crippen LogP) is 3.39. The van der Waals surface area contributed by atoms with Gasteiger partial charge in [0.1, 0.15) is 0 Å². The van der Waals surface area contributed by atoms with Gasteiger partial charge in [-0.3, -0.25) is 9.59 Å². The Kier molecular flexibility index (Phi) is 6.30. The second-order valence-corrected chi connectivity index (χ2v) is 6.12. The van der Waals surface area contributed by atoms with Crippen LogP contribution in [-0.2, 0) is 16.1 Å². The van der Waals surface area contributed by atoms with Crippen LogP contribution in [-0.4, -0.2) is 18.0 Å². The number of hydrogen-bond acceptors (Lipinski definition) is 3. The first kappa shape index (κ1) is 18.3. The minimum absolute atomic E-state index is 0.0908. The lowest BCUT2D eigenvalue weighted by molar-refractivity contribution is -0.126. The maximum atomic E-state index is 11.9. The van der Waals surface area contributed by atoms with E-state index in [1.807, 2.05) is 72.8 Å². The summed E-state index contributed by atoms with van der Waals surface area (Å²) in [6.07, 6.45) is 1.84. The smallest absolute Gasteiger partial charge is 0.240 e. The molecule has 0 unspecified atom stereocenters.